The van der Waals surface area contributed by atoms with Crippen molar-refractivity contribution in [2.45, 2.75) is 50.8 Å². The van der Waals surface area contributed by atoms with E-state index in [2.05, 4.69) is 16.0 Å². The zero-order valence-electron chi connectivity index (χ0n) is 19.5. The van der Waals surface area contributed by atoms with Gasteiger partial charge in [0, 0.05) is 41.9 Å². The molecule has 3 heterocycles. The van der Waals surface area contributed by atoms with Crippen LogP contribution < -0.4 is 20.7 Å². The minimum atomic E-state index is -0.988. The molecule has 2 fully saturated rings. The number of benzene rings is 2. The predicted molar refractivity (Wildman–Crippen MR) is 130 cm³/mol. The van der Waals surface area contributed by atoms with Crippen LogP contribution in [0.3, 0.4) is 0 Å². The van der Waals surface area contributed by atoms with Crippen molar-refractivity contribution in [1.29, 1.82) is 0 Å². The number of amides is 3. The van der Waals surface area contributed by atoms with E-state index in [4.69, 9.17) is 21.1 Å². The van der Waals surface area contributed by atoms with Gasteiger partial charge in [0.2, 0.25) is 11.8 Å². The number of nitrogens with one attached hydrogen (secondary N) is 3. The summed E-state index contributed by atoms with van der Waals surface area (Å²) in [5, 5.41) is 19.5. The molecule has 0 spiro atoms. The van der Waals surface area contributed by atoms with Gasteiger partial charge in [-0.1, -0.05) is 23.7 Å². The molecular formula is C25H27ClN4O6. The number of hydrogen-bond acceptors (Lipinski definition) is 8. The van der Waals surface area contributed by atoms with Gasteiger partial charge in [-0.15, -0.1) is 0 Å². The third-order valence-corrected chi connectivity index (χ3v) is 6.79. The predicted octanol–water partition coefficient (Wildman–Crippen LogP) is 2.44. The lowest BCUT2D eigenvalue weighted by molar-refractivity contribution is -0.141. The zero-order chi connectivity index (χ0) is 25.2. The third kappa shape index (κ3) is 5.46. The van der Waals surface area contributed by atoms with E-state index in [1.165, 1.54) is 0 Å². The maximum absolute atomic E-state index is 12.4. The molecule has 0 radical (unpaired) electrons. The molecule has 0 saturated carbocycles. The zero-order valence-corrected chi connectivity index (χ0v) is 20.2. The van der Waals surface area contributed by atoms with Gasteiger partial charge in [0.05, 0.1) is 6.04 Å². The highest BCUT2D eigenvalue weighted by Gasteiger charge is 2.39. The summed E-state index contributed by atoms with van der Waals surface area (Å²) in [5.41, 5.74) is 2.68. The Hall–Kier alpha value is -3.18. The summed E-state index contributed by atoms with van der Waals surface area (Å²) in [6, 6.07) is 9.85. The summed E-state index contributed by atoms with van der Waals surface area (Å²) in [7, 11) is 0. The van der Waals surface area contributed by atoms with Crippen LogP contribution in [0.15, 0.2) is 36.4 Å². The highest BCUT2D eigenvalue weighted by molar-refractivity contribution is 6.31. The minimum absolute atomic E-state index is 0.0120. The molecule has 2 aromatic carbocycles. The Morgan fingerprint density at radius 2 is 2.06 bits per heavy atom. The molecule has 3 aliphatic rings. The molecule has 3 atom stereocenters. The molecule has 5 rings (SSSR count). The second-order valence-corrected chi connectivity index (χ2v) is 9.59. The van der Waals surface area contributed by atoms with Crippen molar-refractivity contribution in [1.82, 2.24) is 15.5 Å². The van der Waals surface area contributed by atoms with E-state index in [1.807, 2.05) is 12.1 Å². The fourth-order valence-corrected chi connectivity index (χ4v) is 5.01. The lowest BCUT2D eigenvalue weighted by Gasteiger charge is -2.31. The molecule has 10 nitrogen and oxygen atoms in total. The number of nitrogens with zero attached hydrogens (tertiary/aromatic N) is 1. The SMILES string of the molecule is O=C1CCC(N2Cc3ccc(COC(=O)Nc4cc(Cl)cc(OC5CCNC5)c4)cc3C2O)C(=O)N1. The molecule has 0 bridgehead atoms. The van der Waals surface area contributed by atoms with Crippen molar-refractivity contribution < 1.29 is 29.0 Å². The van der Waals surface area contributed by atoms with Gasteiger partial charge in [-0.3, -0.25) is 25.1 Å². The molecule has 3 amide bonds. The lowest BCUT2D eigenvalue weighted by atomic mass is 10.0. The molecule has 3 unspecified atom stereocenters. The van der Waals surface area contributed by atoms with Crippen molar-refractivity contribution in [2.75, 3.05) is 18.4 Å². The number of carbonyl (C=O) groups excluding carboxylic acids is 3. The smallest absolute Gasteiger partial charge is 0.411 e. The number of rotatable bonds is 6. The number of halogens is 1. The van der Waals surface area contributed by atoms with Crippen LogP contribution in [-0.2, 0) is 27.5 Å². The van der Waals surface area contributed by atoms with Gasteiger partial charge in [-0.2, -0.15) is 0 Å². The molecule has 0 aromatic heterocycles. The molecule has 3 aliphatic heterocycles. The van der Waals surface area contributed by atoms with Crippen LogP contribution in [0.2, 0.25) is 5.02 Å². The topological polar surface area (TPSA) is 129 Å². The van der Waals surface area contributed by atoms with E-state index in [9.17, 15) is 19.5 Å². The first-order valence-electron chi connectivity index (χ1n) is 11.9. The monoisotopic (exact) mass is 514 g/mol. The van der Waals surface area contributed by atoms with Gasteiger partial charge in [-0.05, 0) is 48.7 Å². The van der Waals surface area contributed by atoms with Crippen molar-refractivity contribution in [2.24, 2.45) is 0 Å². The number of imide groups is 1. The summed E-state index contributed by atoms with van der Waals surface area (Å²) in [4.78, 5) is 37.8. The van der Waals surface area contributed by atoms with Gasteiger partial charge in [-0.25, -0.2) is 4.79 Å². The largest absolute Gasteiger partial charge is 0.489 e. The number of hydrogen-bond donors (Lipinski definition) is 4. The fourth-order valence-electron chi connectivity index (χ4n) is 4.79. The van der Waals surface area contributed by atoms with Crippen molar-refractivity contribution in [3.05, 3.63) is 58.1 Å². The Bertz CT molecular complexity index is 1190. The molecule has 0 aliphatic carbocycles. The third-order valence-electron chi connectivity index (χ3n) is 6.57. The van der Waals surface area contributed by atoms with Gasteiger partial charge >= 0.3 is 6.09 Å². The van der Waals surface area contributed by atoms with Crippen molar-refractivity contribution in [3.8, 4) is 5.75 Å². The second kappa shape index (κ2) is 10.4. The standard InChI is InChI=1S/C25H27ClN4O6/c26-16-8-17(10-19(9-16)36-18-5-6-27-11-18)28-25(34)35-13-14-1-2-15-12-30(24(33)20(15)7-14)21-3-4-22(31)29-23(21)32/h1-2,7-10,18,21,24,27,33H,3-6,11-13H2,(H,28,34)(H,29,31,32). The lowest BCUT2D eigenvalue weighted by Crippen LogP contribution is -2.51. The van der Waals surface area contributed by atoms with E-state index < -0.39 is 24.3 Å². The van der Waals surface area contributed by atoms with Crippen LogP contribution in [-0.4, -0.2) is 53.1 Å². The van der Waals surface area contributed by atoms with Gasteiger partial charge in [0.1, 0.15) is 24.7 Å². The maximum Gasteiger partial charge on any atom is 0.411 e. The molecule has 2 saturated heterocycles. The Morgan fingerprint density at radius 1 is 1.19 bits per heavy atom. The number of anilines is 1. The first kappa shape index (κ1) is 24.5. The molecule has 2 aromatic rings. The van der Waals surface area contributed by atoms with Crippen LogP contribution in [0.25, 0.3) is 0 Å². The van der Waals surface area contributed by atoms with Crippen LogP contribution in [0.1, 0.15) is 42.2 Å². The van der Waals surface area contributed by atoms with Crippen LogP contribution in [0.5, 0.6) is 5.75 Å². The highest BCUT2D eigenvalue weighted by atomic mass is 35.5. The maximum atomic E-state index is 12.4. The molecule has 190 valence electrons. The molecule has 11 heteroatoms. The summed E-state index contributed by atoms with van der Waals surface area (Å²) in [6.07, 6.45) is -0.0843. The van der Waals surface area contributed by atoms with E-state index >= 15 is 0 Å². The summed E-state index contributed by atoms with van der Waals surface area (Å²) in [6.45, 7) is 2.04. The second-order valence-electron chi connectivity index (χ2n) is 9.16. The highest BCUT2D eigenvalue weighted by Crippen LogP contribution is 2.36. The number of carbonyl (C=O) groups is 3. The van der Waals surface area contributed by atoms with E-state index in [-0.39, 0.29) is 25.0 Å². The number of aliphatic hydroxyl groups excluding tert-OH is 1. The number of ether oxygens (including phenoxy) is 2. The number of fused-ring (bicyclic) bond motifs is 1. The normalized spacial score (nSPS) is 23.8. The van der Waals surface area contributed by atoms with Gasteiger partial charge < -0.3 is 19.9 Å². The first-order valence-corrected chi connectivity index (χ1v) is 12.2. The Kier molecular flexibility index (Phi) is 7.10. The summed E-state index contributed by atoms with van der Waals surface area (Å²) < 4.78 is 11.3. The number of piperidine rings is 1. The Morgan fingerprint density at radius 3 is 2.83 bits per heavy atom. The fraction of sp³-hybridized carbons (Fsp3) is 0.400. The van der Waals surface area contributed by atoms with Crippen LogP contribution >= 0.6 is 11.6 Å². The van der Waals surface area contributed by atoms with E-state index in [0.717, 1.165) is 25.1 Å². The van der Waals surface area contributed by atoms with E-state index in [1.54, 1.807) is 29.2 Å². The summed E-state index contributed by atoms with van der Waals surface area (Å²) >= 11 is 6.19. The van der Waals surface area contributed by atoms with Crippen LogP contribution in [0.4, 0.5) is 10.5 Å². The van der Waals surface area contributed by atoms with Crippen molar-refractivity contribution >= 4 is 35.2 Å². The number of aliphatic hydroxyl groups is 1. The quantitative estimate of drug-likeness (QED) is 0.433. The molecule has 4 N–H and O–H groups in total. The van der Waals surface area contributed by atoms with Gasteiger partial charge in [0.15, 0.2) is 0 Å². The van der Waals surface area contributed by atoms with Crippen LogP contribution in [0, 0.1) is 0 Å². The Labute approximate surface area is 212 Å². The first-order chi connectivity index (χ1) is 17.4. The Balaban J connectivity index is 1.18. The van der Waals surface area contributed by atoms with E-state index in [0.29, 0.717) is 40.6 Å². The van der Waals surface area contributed by atoms with Gasteiger partial charge in [0.25, 0.3) is 0 Å². The van der Waals surface area contributed by atoms with Crippen molar-refractivity contribution in [3.63, 3.8) is 0 Å². The average molecular weight is 515 g/mol. The summed E-state index contributed by atoms with van der Waals surface area (Å²) in [5.74, 6) is -0.125. The molecule has 36 heavy (non-hydrogen) atoms. The average Bonchev–Trinajstić information content (AvgIpc) is 3.45. The minimum Gasteiger partial charge on any atom is -0.489 e. The molecular weight excluding hydrogens is 488 g/mol.